The molecule has 0 saturated heterocycles. The zero-order chi connectivity index (χ0) is 25.1. The molecule has 1 N–H and O–H groups in total. The lowest BCUT2D eigenvalue weighted by atomic mass is 9.93. The van der Waals surface area contributed by atoms with Crippen LogP contribution in [0.5, 0.6) is 23.1 Å². The molecule has 0 radical (unpaired) electrons. The highest BCUT2D eigenvalue weighted by Gasteiger charge is 2.29. The van der Waals surface area contributed by atoms with Crippen LogP contribution in [0.25, 0.3) is 5.69 Å². The van der Waals surface area contributed by atoms with Crippen molar-refractivity contribution in [2.24, 2.45) is 0 Å². The molecule has 9 nitrogen and oxygen atoms in total. The van der Waals surface area contributed by atoms with E-state index in [1.165, 1.54) is 11.7 Å². The minimum absolute atomic E-state index is 0.0397. The number of nitrogens with zero attached hydrogens (tertiary/aromatic N) is 3. The Labute approximate surface area is 207 Å². The van der Waals surface area contributed by atoms with Crippen molar-refractivity contribution < 1.29 is 24.1 Å². The Kier molecular flexibility index (Phi) is 7.20. The summed E-state index contributed by atoms with van der Waals surface area (Å²) < 4.78 is 17.6. The summed E-state index contributed by atoms with van der Waals surface area (Å²) in [5.74, 6) is 1.29. The van der Waals surface area contributed by atoms with E-state index in [1.807, 2.05) is 19.1 Å². The predicted octanol–water partition coefficient (Wildman–Crippen LogP) is 3.20. The third-order valence-corrected chi connectivity index (χ3v) is 6.95. The van der Waals surface area contributed by atoms with Gasteiger partial charge in [0.2, 0.25) is 11.8 Å². The van der Waals surface area contributed by atoms with Gasteiger partial charge in [0.15, 0.2) is 16.7 Å². The number of para-hydroxylation sites is 2. The molecule has 1 amide bonds. The maximum absolute atomic E-state index is 13.3. The molecule has 3 aromatic rings. The van der Waals surface area contributed by atoms with E-state index in [9.17, 15) is 14.7 Å². The molecule has 0 saturated carbocycles. The van der Waals surface area contributed by atoms with Gasteiger partial charge in [0, 0.05) is 6.54 Å². The maximum atomic E-state index is 13.3. The topological polar surface area (TPSA) is 103 Å². The van der Waals surface area contributed by atoms with Gasteiger partial charge in [-0.25, -0.2) is 0 Å². The lowest BCUT2D eigenvalue weighted by molar-refractivity contribution is -0.130. The van der Waals surface area contributed by atoms with Crippen LogP contribution in [-0.2, 0) is 11.2 Å². The zero-order valence-electron chi connectivity index (χ0n) is 20.0. The standard InChI is InChI=1S/C25H27N3O6S/c1-15-17-12-21(34-4)20(33-3)11-16(17)9-10-27(15)24(31)14-35-25-26-22(29)13-23(30)28(25)18-7-5-6-8-19(18)32-2/h5-8,11-13,15,29H,9-10,14H2,1-4H3. The molecule has 0 bridgehead atoms. The Morgan fingerprint density at radius 3 is 2.49 bits per heavy atom. The van der Waals surface area contributed by atoms with Crippen molar-refractivity contribution in [3.05, 3.63) is 63.9 Å². The molecule has 1 aliphatic rings. The number of ether oxygens (including phenoxy) is 3. The molecule has 2 heterocycles. The van der Waals surface area contributed by atoms with E-state index < -0.39 is 11.4 Å². The number of thioether (sulfide) groups is 1. The number of amides is 1. The monoisotopic (exact) mass is 497 g/mol. The van der Waals surface area contributed by atoms with Gasteiger partial charge in [-0.15, -0.1) is 0 Å². The first-order chi connectivity index (χ1) is 16.9. The molecule has 184 valence electrons. The molecule has 10 heteroatoms. The number of hydrogen-bond donors (Lipinski definition) is 1. The number of fused-ring (bicyclic) bond motifs is 1. The first-order valence-corrected chi connectivity index (χ1v) is 12.0. The molecule has 1 aliphatic heterocycles. The molecule has 4 rings (SSSR count). The Hall–Kier alpha value is -3.66. The molecule has 1 atom stereocenters. The Morgan fingerprint density at radius 2 is 1.77 bits per heavy atom. The summed E-state index contributed by atoms with van der Waals surface area (Å²) in [4.78, 5) is 31.9. The molecule has 0 fully saturated rings. The van der Waals surface area contributed by atoms with Crippen LogP contribution < -0.4 is 19.8 Å². The highest BCUT2D eigenvalue weighted by Crippen LogP contribution is 2.38. The van der Waals surface area contributed by atoms with Crippen LogP contribution in [0.2, 0.25) is 0 Å². The Balaban J connectivity index is 1.58. The fraction of sp³-hybridized carbons (Fsp3) is 0.320. The quantitative estimate of drug-likeness (QED) is 0.392. The highest BCUT2D eigenvalue weighted by molar-refractivity contribution is 7.99. The second kappa shape index (κ2) is 10.3. The van der Waals surface area contributed by atoms with Crippen LogP contribution in [0.3, 0.4) is 0 Å². The van der Waals surface area contributed by atoms with Gasteiger partial charge in [0.05, 0.1) is 44.9 Å². The summed E-state index contributed by atoms with van der Waals surface area (Å²) in [6, 6.07) is 11.8. The number of benzene rings is 2. The van der Waals surface area contributed by atoms with E-state index in [0.717, 1.165) is 29.0 Å². The summed E-state index contributed by atoms with van der Waals surface area (Å²) in [6.45, 7) is 2.53. The minimum Gasteiger partial charge on any atom is -0.495 e. The van der Waals surface area contributed by atoms with Gasteiger partial charge in [-0.3, -0.25) is 14.2 Å². The van der Waals surface area contributed by atoms with Gasteiger partial charge in [-0.2, -0.15) is 4.98 Å². The molecular weight excluding hydrogens is 470 g/mol. The summed E-state index contributed by atoms with van der Waals surface area (Å²) in [5.41, 5.74) is 2.13. The summed E-state index contributed by atoms with van der Waals surface area (Å²) in [7, 11) is 4.69. The molecule has 35 heavy (non-hydrogen) atoms. The average molecular weight is 498 g/mol. The third kappa shape index (κ3) is 4.79. The molecular formula is C25H27N3O6S. The van der Waals surface area contributed by atoms with E-state index in [0.29, 0.717) is 35.9 Å². The number of rotatable bonds is 7. The third-order valence-electron chi connectivity index (χ3n) is 6.03. The van der Waals surface area contributed by atoms with Gasteiger partial charge in [0.25, 0.3) is 5.56 Å². The maximum Gasteiger partial charge on any atom is 0.262 e. The fourth-order valence-electron chi connectivity index (χ4n) is 4.28. The van der Waals surface area contributed by atoms with Gasteiger partial charge < -0.3 is 24.2 Å². The van der Waals surface area contributed by atoms with Crippen LogP contribution in [0, 0.1) is 0 Å². The van der Waals surface area contributed by atoms with Gasteiger partial charge >= 0.3 is 0 Å². The smallest absolute Gasteiger partial charge is 0.262 e. The van der Waals surface area contributed by atoms with E-state index in [-0.39, 0.29) is 22.9 Å². The van der Waals surface area contributed by atoms with E-state index in [2.05, 4.69) is 4.98 Å². The van der Waals surface area contributed by atoms with Crippen molar-refractivity contribution in [3.63, 3.8) is 0 Å². The lowest BCUT2D eigenvalue weighted by Crippen LogP contribution is -2.40. The first kappa shape index (κ1) is 24.5. The largest absolute Gasteiger partial charge is 0.495 e. The molecule has 1 unspecified atom stereocenters. The molecule has 1 aromatic heterocycles. The van der Waals surface area contributed by atoms with Crippen LogP contribution in [0.1, 0.15) is 24.1 Å². The van der Waals surface area contributed by atoms with Crippen LogP contribution in [0.4, 0.5) is 0 Å². The number of methoxy groups -OCH3 is 3. The van der Waals surface area contributed by atoms with Crippen LogP contribution in [-0.4, -0.2) is 59.1 Å². The van der Waals surface area contributed by atoms with Crippen LogP contribution >= 0.6 is 11.8 Å². The van der Waals surface area contributed by atoms with E-state index in [4.69, 9.17) is 14.2 Å². The van der Waals surface area contributed by atoms with Crippen LogP contribution in [0.15, 0.2) is 52.4 Å². The highest BCUT2D eigenvalue weighted by atomic mass is 32.2. The second-order valence-corrected chi connectivity index (χ2v) is 8.89. The Morgan fingerprint density at radius 1 is 1.09 bits per heavy atom. The molecule has 2 aromatic carbocycles. The lowest BCUT2D eigenvalue weighted by Gasteiger charge is -2.35. The molecule has 0 spiro atoms. The summed E-state index contributed by atoms with van der Waals surface area (Å²) in [5, 5.41) is 10.2. The first-order valence-electron chi connectivity index (χ1n) is 11.0. The number of carbonyl (C=O) groups excluding carboxylic acids is 1. The van der Waals surface area contributed by atoms with Crippen molar-refractivity contribution in [1.29, 1.82) is 0 Å². The summed E-state index contributed by atoms with van der Waals surface area (Å²) >= 11 is 1.09. The average Bonchev–Trinajstić information content (AvgIpc) is 2.86. The van der Waals surface area contributed by atoms with Crippen molar-refractivity contribution >= 4 is 17.7 Å². The van der Waals surface area contributed by atoms with Crippen molar-refractivity contribution in [1.82, 2.24) is 14.5 Å². The van der Waals surface area contributed by atoms with E-state index in [1.54, 1.807) is 43.4 Å². The van der Waals surface area contributed by atoms with Gasteiger partial charge in [-0.1, -0.05) is 23.9 Å². The number of aromatic nitrogens is 2. The molecule has 0 aliphatic carbocycles. The number of carbonyl (C=O) groups is 1. The van der Waals surface area contributed by atoms with Crippen molar-refractivity contribution in [2.75, 3.05) is 33.6 Å². The second-order valence-electron chi connectivity index (χ2n) is 7.95. The SMILES string of the molecule is COc1cc2c(cc1OC)C(C)N(C(=O)CSc1nc(O)cc(=O)n1-c1ccccc1OC)CC2. The zero-order valence-corrected chi connectivity index (χ0v) is 20.8. The van der Waals surface area contributed by atoms with Crippen molar-refractivity contribution in [2.45, 2.75) is 24.5 Å². The fourth-order valence-corrected chi connectivity index (χ4v) is 5.17. The Bertz CT molecular complexity index is 1310. The van der Waals surface area contributed by atoms with Gasteiger partial charge in [-0.05, 0) is 48.7 Å². The van der Waals surface area contributed by atoms with Gasteiger partial charge in [0.1, 0.15) is 5.75 Å². The van der Waals surface area contributed by atoms with Crippen molar-refractivity contribution in [3.8, 4) is 28.8 Å². The minimum atomic E-state index is -0.474. The number of aromatic hydroxyl groups is 1. The predicted molar refractivity (Wildman–Crippen MR) is 132 cm³/mol. The normalized spacial score (nSPS) is 14.9. The summed E-state index contributed by atoms with van der Waals surface area (Å²) in [6.07, 6.45) is 0.687. The number of hydrogen-bond acceptors (Lipinski definition) is 8. The van der Waals surface area contributed by atoms with E-state index >= 15 is 0 Å².